The molecule has 0 aromatic carbocycles. The fourth-order valence-electron chi connectivity index (χ4n) is 4.95. The second kappa shape index (κ2) is 4.95. The van der Waals surface area contributed by atoms with Crippen molar-refractivity contribution in [1.29, 1.82) is 0 Å². The number of carbonyl (C=O) groups excluding carboxylic acids is 1. The molecule has 0 spiro atoms. The third kappa shape index (κ3) is 2.41. The van der Waals surface area contributed by atoms with Gasteiger partial charge >= 0.3 is 0 Å². The molecule has 0 aromatic rings. The first-order valence-corrected chi connectivity index (χ1v) is 8.46. The minimum atomic E-state index is -0.229. The van der Waals surface area contributed by atoms with Crippen LogP contribution in [0.2, 0.25) is 0 Å². The lowest BCUT2D eigenvalue weighted by atomic mass is 9.51. The van der Waals surface area contributed by atoms with Crippen LogP contribution in [0, 0.1) is 29.6 Å². The summed E-state index contributed by atoms with van der Waals surface area (Å²) in [5.74, 6) is 4.25. The van der Waals surface area contributed by atoms with Crippen molar-refractivity contribution in [2.24, 2.45) is 29.6 Å². The quantitative estimate of drug-likeness (QED) is 0.785. The molecule has 4 bridgehead atoms. The second-order valence-corrected chi connectivity index (χ2v) is 7.76. The third-order valence-electron chi connectivity index (χ3n) is 6.03. The van der Waals surface area contributed by atoms with Gasteiger partial charge in [0.1, 0.15) is 0 Å². The summed E-state index contributed by atoms with van der Waals surface area (Å²) in [7, 11) is 0. The molecule has 4 aliphatic carbocycles. The van der Waals surface area contributed by atoms with Crippen molar-refractivity contribution in [3.8, 4) is 0 Å². The number of nitrogens with one attached hydrogen (secondary N) is 1. The van der Waals surface area contributed by atoms with Gasteiger partial charge in [0.05, 0.1) is 5.54 Å². The second-order valence-electron chi connectivity index (χ2n) is 7.49. The maximum Gasteiger partial charge on any atom is 0.224 e. The Morgan fingerprint density at radius 1 is 1.16 bits per heavy atom. The van der Waals surface area contributed by atoms with Crippen LogP contribution in [-0.2, 0) is 4.79 Å². The molecular weight excluding hydrogens is 258 g/mol. The lowest BCUT2D eigenvalue weighted by Gasteiger charge is -2.54. The molecule has 1 amide bonds. The van der Waals surface area contributed by atoms with Crippen LogP contribution >= 0.6 is 11.6 Å². The molecule has 3 heteroatoms. The van der Waals surface area contributed by atoms with Gasteiger partial charge in [0.15, 0.2) is 0 Å². The van der Waals surface area contributed by atoms with Gasteiger partial charge in [-0.05, 0) is 69.1 Å². The zero-order valence-electron chi connectivity index (χ0n) is 12.1. The van der Waals surface area contributed by atoms with Crippen LogP contribution in [-0.4, -0.2) is 17.3 Å². The van der Waals surface area contributed by atoms with Gasteiger partial charge < -0.3 is 5.32 Å². The number of alkyl halides is 1. The highest BCUT2D eigenvalue weighted by Gasteiger charge is 2.51. The van der Waals surface area contributed by atoms with Crippen molar-refractivity contribution in [2.45, 2.75) is 57.9 Å². The van der Waals surface area contributed by atoms with Gasteiger partial charge in [-0.2, -0.15) is 0 Å². The minimum absolute atomic E-state index is 0.229. The maximum absolute atomic E-state index is 12.7. The van der Waals surface area contributed by atoms with Gasteiger partial charge in [0, 0.05) is 11.8 Å². The van der Waals surface area contributed by atoms with Gasteiger partial charge in [0.25, 0.3) is 0 Å². The van der Waals surface area contributed by atoms with Gasteiger partial charge in [-0.3, -0.25) is 4.79 Å². The fourth-order valence-corrected chi connectivity index (χ4v) is 5.21. The summed E-state index contributed by atoms with van der Waals surface area (Å²) in [4.78, 5) is 12.7. The van der Waals surface area contributed by atoms with E-state index in [0.29, 0.717) is 23.6 Å². The molecule has 2 nitrogen and oxygen atoms in total. The van der Waals surface area contributed by atoms with Crippen molar-refractivity contribution in [3.63, 3.8) is 0 Å². The fraction of sp³-hybridized carbons (Fsp3) is 0.938. The first-order valence-electron chi connectivity index (χ1n) is 7.92. The Morgan fingerprint density at radius 3 is 2.11 bits per heavy atom. The Kier molecular flexibility index (Phi) is 3.57. The van der Waals surface area contributed by atoms with E-state index in [0.717, 1.165) is 18.3 Å². The Balaban J connectivity index is 1.70. The molecule has 108 valence electrons. The number of carbonyl (C=O) groups is 1. The average molecular weight is 284 g/mol. The predicted octanol–water partition coefficient (Wildman–Crippen LogP) is 3.58. The molecule has 0 heterocycles. The SMILES string of the molecule is CCC(C)(CCl)NC(=O)C1C2CC3CC(C2)CC1C3. The molecule has 19 heavy (non-hydrogen) atoms. The number of hydrogen-bond acceptors (Lipinski definition) is 1. The molecule has 4 rings (SSSR count). The van der Waals surface area contributed by atoms with Crippen molar-refractivity contribution in [3.05, 3.63) is 0 Å². The first-order chi connectivity index (χ1) is 9.04. The maximum atomic E-state index is 12.7. The molecule has 4 saturated carbocycles. The number of amides is 1. The first kappa shape index (κ1) is 13.7. The largest absolute Gasteiger partial charge is 0.349 e. The summed E-state index contributed by atoms with van der Waals surface area (Å²) in [6, 6.07) is 0. The minimum Gasteiger partial charge on any atom is -0.349 e. The normalized spacial score (nSPS) is 43.0. The molecule has 1 N–H and O–H groups in total. The summed E-state index contributed by atoms with van der Waals surface area (Å²) in [5, 5.41) is 3.25. The molecule has 4 fully saturated rings. The highest BCUT2D eigenvalue weighted by molar-refractivity contribution is 6.18. The van der Waals surface area contributed by atoms with Crippen LogP contribution in [0.5, 0.6) is 0 Å². The van der Waals surface area contributed by atoms with E-state index in [9.17, 15) is 4.79 Å². The van der Waals surface area contributed by atoms with E-state index in [-0.39, 0.29) is 11.5 Å². The molecule has 1 atom stereocenters. The van der Waals surface area contributed by atoms with Gasteiger partial charge in [-0.25, -0.2) is 0 Å². The Hall–Kier alpha value is -0.240. The zero-order chi connectivity index (χ0) is 13.6. The lowest BCUT2D eigenvalue weighted by Crippen LogP contribution is -2.56. The van der Waals surface area contributed by atoms with E-state index in [4.69, 9.17) is 11.6 Å². The van der Waals surface area contributed by atoms with Crippen LogP contribution < -0.4 is 5.32 Å². The Labute approximate surface area is 121 Å². The van der Waals surface area contributed by atoms with Crippen molar-refractivity contribution in [1.82, 2.24) is 5.32 Å². The molecule has 0 aromatic heterocycles. The van der Waals surface area contributed by atoms with Crippen LogP contribution in [0.25, 0.3) is 0 Å². The van der Waals surface area contributed by atoms with Crippen molar-refractivity contribution >= 4 is 17.5 Å². The van der Waals surface area contributed by atoms with Crippen LogP contribution in [0.1, 0.15) is 52.4 Å². The van der Waals surface area contributed by atoms with Gasteiger partial charge in [-0.15, -0.1) is 11.6 Å². The summed E-state index contributed by atoms with van der Waals surface area (Å²) in [5.41, 5.74) is -0.229. The van der Waals surface area contributed by atoms with E-state index in [1.807, 2.05) is 0 Å². The summed E-state index contributed by atoms with van der Waals surface area (Å²) < 4.78 is 0. The molecule has 0 radical (unpaired) electrons. The lowest BCUT2D eigenvalue weighted by molar-refractivity contribution is -0.139. The Morgan fingerprint density at radius 2 is 1.68 bits per heavy atom. The van der Waals surface area contributed by atoms with Crippen LogP contribution in [0.15, 0.2) is 0 Å². The topological polar surface area (TPSA) is 29.1 Å². The number of rotatable bonds is 4. The predicted molar refractivity (Wildman–Crippen MR) is 78.1 cm³/mol. The van der Waals surface area contributed by atoms with Gasteiger partial charge in [0.2, 0.25) is 5.91 Å². The standard InChI is InChI=1S/C16H26ClNO/c1-3-16(2,9-17)18-15(19)14-12-5-10-4-11(7-12)8-13(14)6-10/h10-14H,3-9H2,1-2H3,(H,18,19). The van der Waals surface area contributed by atoms with Crippen LogP contribution in [0.3, 0.4) is 0 Å². The highest BCUT2D eigenvalue weighted by Crippen LogP contribution is 2.56. The number of halogens is 1. The summed E-state index contributed by atoms with van der Waals surface area (Å²) >= 11 is 6.03. The van der Waals surface area contributed by atoms with E-state index < -0.39 is 0 Å². The smallest absolute Gasteiger partial charge is 0.224 e. The average Bonchev–Trinajstić information content (AvgIpc) is 2.37. The van der Waals surface area contributed by atoms with E-state index in [1.165, 1.54) is 32.1 Å². The monoisotopic (exact) mass is 283 g/mol. The van der Waals surface area contributed by atoms with E-state index >= 15 is 0 Å². The highest BCUT2D eigenvalue weighted by atomic mass is 35.5. The summed E-state index contributed by atoms with van der Waals surface area (Å²) in [6.07, 6.45) is 7.54. The van der Waals surface area contributed by atoms with Crippen LogP contribution in [0.4, 0.5) is 0 Å². The summed E-state index contributed by atoms with van der Waals surface area (Å²) in [6.45, 7) is 4.16. The molecule has 4 aliphatic rings. The van der Waals surface area contributed by atoms with Crippen molar-refractivity contribution in [2.75, 3.05) is 5.88 Å². The molecular formula is C16H26ClNO. The molecule has 1 unspecified atom stereocenters. The molecule has 0 saturated heterocycles. The van der Waals surface area contributed by atoms with E-state index in [2.05, 4.69) is 19.2 Å². The molecule has 0 aliphatic heterocycles. The zero-order valence-corrected chi connectivity index (χ0v) is 12.9. The third-order valence-corrected chi connectivity index (χ3v) is 6.62. The van der Waals surface area contributed by atoms with Gasteiger partial charge in [-0.1, -0.05) is 6.92 Å². The van der Waals surface area contributed by atoms with Crippen molar-refractivity contribution < 1.29 is 4.79 Å². The Bertz CT molecular complexity index is 336. The van der Waals surface area contributed by atoms with E-state index in [1.54, 1.807) is 0 Å². The number of hydrogen-bond donors (Lipinski definition) is 1.